The molecule has 0 radical (unpaired) electrons. The highest BCUT2D eigenvalue weighted by Crippen LogP contribution is 2.27. The van der Waals surface area contributed by atoms with Crippen LogP contribution in [0.25, 0.3) is 0 Å². The third-order valence-corrected chi connectivity index (χ3v) is 6.18. The second-order valence-electron chi connectivity index (χ2n) is 9.82. The molecule has 0 N–H and O–H groups in total. The van der Waals surface area contributed by atoms with Gasteiger partial charge in [-0.05, 0) is 6.42 Å². The molecule has 1 fully saturated rings. The zero-order valence-electron chi connectivity index (χ0n) is 23.4. The highest BCUT2D eigenvalue weighted by atomic mass is 16.8. The van der Waals surface area contributed by atoms with Crippen molar-refractivity contribution in [3.05, 3.63) is 0 Å². The van der Waals surface area contributed by atoms with E-state index in [1.54, 1.807) is 0 Å². The number of esters is 5. The van der Waals surface area contributed by atoms with Gasteiger partial charge in [0.2, 0.25) is 0 Å². The van der Waals surface area contributed by atoms with Gasteiger partial charge in [-0.25, -0.2) is 0 Å². The summed E-state index contributed by atoms with van der Waals surface area (Å²) in [6, 6.07) is 0. The van der Waals surface area contributed by atoms with E-state index in [2.05, 4.69) is 6.92 Å². The van der Waals surface area contributed by atoms with Crippen LogP contribution in [0.5, 0.6) is 0 Å². The first-order valence-electron chi connectivity index (χ1n) is 14.1. The quantitative estimate of drug-likeness (QED) is 0.0955. The Morgan fingerprint density at radius 1 is 0.737 bits per heavy atom. The number of hydrogen-bond donors (Lipinski definition) is 0. The largest absolute Gasteiger partial charge is 0.457 e. The van der Waals surface area contributed by atoms with Crippen molar-refractivity contribution in [3.8, 4) is 0 Å². The van der Waals surface area contributed by atoms with Crippen molar-refractivity contribution in [2.24, 2.45) is 0 Å². The maximum Gasteiger partial charge on any atom is 0.366 e. The summed E-state index contributed by atoms with van der Waals surface area (Å²) in [6.45, 7) is 3.51. The lowest BCUT2D eigenvalue weighted by Gasteiger charge is -2.35. The average Bonchev–Trinajstić information content (AvgIpc) is 2.89. The van der Waals surface area contributed by atoms with Gasteiger partial charge in [0.15, 0.2) is 6.61 Å². The molecular weight excluding hydrogens is 496 g/mol. The fourth-order valence-corrected chi connectivity index (χ4v) is 4.18. The first-order chi connectivity index (χ1) is 18.2. The monoisotopic (exact) mass is 542 g/mol. The Kier molecular flexibility index (Phi) is 17.1. The Balaban J connectivity index is 2.49. The van der Waals surface area contributed by atoms with Crippen LogP contribution in [0.15, 0.2) is 0 Å². The maximum atomic E-state index is 12.7. The topological polar surface area (TPSA) is 132 Å². The minimum absolute atomic E-state index is 0.00424. The summed E-state index contributed by atoms with van der Waals surface area (Å²) in [6.07, 6.45) is 13.7. The lowest BCUT2D eigenvalue weighted by Crippen LogP contribution is -2.56. The van der Waals surface area contributed by atoms with Crippen LogP contribution in [-0.4, -0.2) is 48.5 Å². The molecule has 38 heavy (non-hydrogen) atoms. The van der Waals surface area contributed by atoms with Crippen molar-refractivity contribution in [1.82, 2.24) is 0 Å². The van der Waals surface area contributed by atoms with Gasteiger partial charge in [-0.2, -0.15) is 0 Å². The van der Waals surface area contributed by atoms with Gasteiger partial charge in [-0.1, -0.05) is 90.4 Å². The first kappa shape index (κ1) is 33.4. The molecule has 0 spiro atoms. The first-order valence-corrected chi connectivity index (χ1v) is 14.1. The van der Waals surface area contributed by atoms with Gasteiger partial charge in [0.05, 0.1) is 12.8 Å². The molecule has 1 aliphatic heterocycles. The normalized spacial score (nSPS) is 19.8. The van der Waals surface area contributed by atoms with E-state index in [9.17, 15) is 24.0 Å². The standard InChI is InChI=1S/C28H46O10/c1-4-5-6-7-8-9-10-11-12-13-14-15-16-17-18-26(33)38-28(37-23(3)30)21-34-24(31)19-20-25(32)36-27(28)35-22(2)29/h27H,4-21H2,1-3H3. The summed E-state index contributed by atoms with van der Waals surface area (Å²) in [7, 11) is 0. The van der Waals surface area contributed by atoms with Crippen molar-refractivity contribution in [2.75, 3.05) is 6.61 Å². The molecule has 1 aliphatic rings. The minimum Gasteiger partial charge on any atom is -0.457 e. The van der Waals surface area contributed by atoms with Crippen LogP contribution in [0.4, 0.5) is 0 Å². The van der Waals surface area contributed by atoms with E-state index in [4.69, 9.17) is 23.7 Å². The fourth-order valence-electron chi connectivity index (χ4n) is 4.18. The molecule has 0 aromatic carbocycles. The molecule has 10 heteroatoms. The van der Waals surface area contributed by atoms with Crippen molar-refractivity contribution in [1.29, 1.82) is 0 Å². The Bertz CT molecular complexity index is 750. The van der Waals surface area contributed by atoms with Crippen molar-refractivity contribution in [2.45, 2.75) is 142 Å². The van der Waals surface area contributed by atoms with Gasteiger partial charge in [0, 0.05) is 20.3 Å². The third-order valence-electron chi connectivity index (χ3n) is 6.18. The summed E-state index contributed by atoms with van der Waals surface area (Å²) in [5.41, 5.74) is 0. The molecule has 0 aromatic heterocycles. The van der Waals surface area contributed by atoms with E-state index in [-0.39, 0.29) is 19.3 Å². The molecule has 218 valence electrons. The number of unbranched alkanes of at least 4 members (excludes halogenated alkanes) is 13. The van der Waals surface area contributed by atoms with Gasteiger partial charge >= 0.3 is 41.9 Å². The molecular formula is C28H46O10. The molecule has 1 heterocycles. The van der Waals surface area contributed by atoms with Crippen LogP contribution >= 0.6 is 0 Å². The molecule has 10 nitrogen and oxygen atoms in total. The maximum absolute atomic E-state index is 12.7. The summed E-state index contributed by atoms with van der Waals surface area (Å²) in [5, 5.41) is 0. The van der Waals surface area contributed by atoms with Crippen LogP contribution < -0.4 is 0 Å². The van der Waals surface area contributed by atoms with E-state index in [0.29, 0.717) is 6.42 Å². The predicted octanol–water partition coefficient (Wildman–Crippen LogP) is 5.43. The van der Waals surface area contributed by atoms with E-state index in [1.165, 1.54) is 57.8 Å². The lowest BCUT2D eigenvalue weighted by atomic mass is 10.0. The molecule has 0 aromatic rings. The number of carbonyl (C=O) groups excluding carboxylic acids is 5. The Hall–Kier alpha value is -2.65. The highest BCUT2D eigenvalue weighted by Gasteiger charge is 2.53. The Morgan fingerprint density at radius 2 is 1.24 bits per heavy atom. The molecule has 2 atom stereocenters. The molecule has 0 bridgehead atoms. The number of hydrogen-bond acceptors (Lipinski definition) is 10. The Labute approximate surface area is 226 Å². The number of rotatable bonds is 18. The van der Waals surface area contributed by atoms with Gasteiger partial charge in [-0.15, -0.1) is 0 Å². The fraction of sp³-hybridized carbons (Fsp3) is 0.821. The molecule has 0 amide bonds. The molecule has 2 unspecified atom stereocenters. The summed E-state index contributed by atoms with van der Waals surface area (Å²) < 4.78 is 25.7. The third kappa shape index (κ3) is 14.9. The molecule has 1 rings (SSSR count). The SMILES string of the molecule is CCCCCCCCCCCCCCCCC(=O)OC1(OC(C)=O)COC(=O)CCC(=O)OC1OC(C)=O. The molecule has 0 aliphatic carbocycles. The number of carbonyl (C=O) groups is 5. The van der Waals surface area contributed by atoms with Crippen molar-refractivity contribution < 1.29 is 47.7 Å². The molecule has 1 saturated heterocycles. The zero-order chi connectivity index (χ0) is 28.2. The summed E-state index contributed by atoms with van der Waals surface area (Å²) in [4.78, 5) is 60.2. The lowest BCUT2D eigenvalue weighted by molar-refractivity contribution is -0.320. The van der Waals surface area contributed by atoms with Crippen molar-refractivity contribution in [3.63, 3.8) is 0 Å². The zero-order valence-corrected chi connectivity index (χ0v) is 23.4. The van der Waals surface area contributed by atoms with E-state index in [1.807, 2.05) is 0 Å². The van der Waals surface area contributed by atoms with E-state index < -0.39 is 48.5 Å². The van der Waals surface area contributed by atoms with Gasteiger partial charge in [0.25, 0.3) is 0 Å². The molecule has 0 saturated carbocycles. The van der Waals surface area contributed by atoms with Crippen LogP contribution in [0, 0.1) is 0 Å². The van der Waals surface area contributed by atoms with E-state index in [0.717, 1.165) is 39.5 Å². The Morgan fingerprint density at radius 3 is 1.74 bits per heavy atom. The second-order valence-corrected chi connectivity index (χ2v) is 9.82. The summed E-state index contributed by atoms with van der Waals surface area (Å²) >= 11 is 0. The summed E-state index contributed by atoms with van der Waals surface area (Å²) in [5.74, 6) is -6.71. The highest BCUT2D eigenvalue weighted by molar-refractivity contribution is 5.78. The number of cyclic esters (lactones) is 2. The van der Waals surface area contributed by atoms with Crippen LogP contribution in [0.3, 0.4) is 0 Å². The van der Waals surface area contributed by atoms with Crippen LogP contribution in [0.1, 0.15) is 130 Å². The smallest absolute Gasteiger partial charge is 0.366 e. The minimum atomic E-state index is -2.44. The number of ether oxygens (including phenoxy) is 5. The average molecular weight is 543 g/mol. The van der Waals surface area contributed by atoms with Gasteiger partial charge in [-0.3, -0.25) is 24.0 Å². The van der Waals surface area contributed by atoms with Crippen LogP contribution in [0.2, 0.25) is 0 Å². The van der Waals surface area contributed by atoms with E-state index >= 15 is 0 Å². The van der Waals surface area contributed by atoms with Gasteiger partial charge in [0.1, 0.15) is 0 Å². The van der Waals surface area contributed by atoms with Crippen LogP contribution in [-0.2, 0) is 47.7 Å². The van der Waals surface area contributed by atoms with Gasteiger partial charge < -0.3 is 23.7 Å². The second kappa shape index (κ2) is 19.4. The predicted molar refractivity (Wildman–Crippen MR) is 137 cm³/mol. The van der Waals surface area contributed by atoms with Crippen molar-refractivity contribution >= 4 is 29.8 Å².